The number of hydrogen-bond acceptors (Lipinski definition) is 1. The van der Waals surface area contributed by atoms with E-state index in [4.69, 9.17) is 0 Å². The minimum atomic E-state index is 0.0349. The molecule has 0 spiro atoms. The Morgan fingerprint density at radius 2 is 1.76 bits per heavy atom. The van der Waals surface area contributed by atoms with Gasteiger partial charge in [0.15, 0.2) is 0 Å². The second-order valence-corrected chi connectivity index (χ2v) is 5.85. The average Bonchev–Trinajstić information content (AvgIpc) is 2.77. The van der Waals surface area contributed by atoms with Gasteiger partial charge in [0.05, 0.1) is 0 Å². The van der Waals surface area contributed by atoms with Gasteiger partial charge in [-0.1, -0.05) is 38.1 Å². The maximum Gasteiger partial charge on any atom is 0.140 e. The number of imidazole rings is 1. The van der Waals surface area contributed by atoms with Crippen LogP contribution in [0.4, 0.5) is 0 Å². The second kappa shape index (κ2) is 3.00. The lowest BCUT2D eigenvalue weighted by Gasteiger charge is -2.48. The van der Waals surface area contributed by atoms with Crippen molar-refractivity contribution < 1.29 is 0 Å². The van der Waals surface area contributed by atoms with E-state index in [1.165, 1.54) is 11.1 Å². The molecule has 2 aromatic rings. The van der Waals surface area contributed by atoms with E-state index < -0.39 is 0 Å². The summed E-state index contributed by atoms with van der Waals surface area (Å²) in [4.78, 5) is 4.52. The number of fused-ring (bicyclic) bond motifs is 3. The van der Waals surface area contributed by atoms with Gasteiger partial charge in [-0.2, -0.15) is 0 Å². The Morgan fingerprint density at radius 1 is 1.06 bits per heavy atom. The van der Waals surface area contributed by atoms with Gasteiger partial charge in [0.25, 0.3) is 0 Å². The molecule has 0 saturated carbocycles. The molecule has 1 aliphatic rings. The standard InChI is InChI=1S/C15H18N2/c1-14(2)12-8-6-5-7-11(12)13-16-9-10-17(13)15(14,3)4/h5-10H,1-4H3. The van der Waals surface area contributed by atoms with Crippen molar-refractivity contribution in [3.8, 4) is 11.4 Å². The smallest absolute Gasteiger partial charge is 0.140 e. The van der Waals surface area contributed by atoms with E-state index in [1.807, 2.05) is 6.20 Å². The van der Waals surface area contributed by atoms with E-state index >= 15 is 0 Å². The summed E-state index contributed by atoms with van der Waals surface area (Å²) < 4.78 is 2.30. The maximum absolute atomic E-state index is 4.52. The number of hydrogen-bond donors (Lipinski definition) is 0. The highest BCUT2D eigenvalue weighted by Gasteiger charge is 2.45. The van der Waals surface area contributed by atoms with Crippen molar-refractivity contribution in [2.24, 2.45) is 0 Å². The SMILES string of the molecule is CC1(C)c2ccccc2-c2nccn2C1(C)C. The summed E-state index contributed by atoms with van der Waals surface area (Å²) in [6, 6.07) is 8.61. The molecule has 0 unspecified atom stereocenters. The highest BCUT2D eigenvalue weighted by molar-refractivity contribution is 5.66. The second-order valence-electron chi connectivity index (χ2n) is 5.85. The molecule has 3 rings (SSSR count). The highest BCUT2D eigenvalue weighted by Crippen LogP contribution is 2.48. The molecule has 88 valence electrons. The van der Waals surface area contributed by atoms with Crippen LogP contribution in [0.25, 0.3) is 11.4 Å². The predicted octanol–water partition coefficient (Wildman–Crippen LogP) is 3.58. The van der Waals surface area contributed by atoms with E-state index in [0.717, 1.165) is 5.82 Å². The molecule has 0 saturated heterocycles. The lowest BCUT2D eigenvalue weighted by molar-refractivity contribution is 0.196. The first-order valence-corrected chi connectivity index (χ1v) is 6.10. The Kier molecular flexibility index (Phi) is 1.87. The monoisotopic (exact) mass is 226 g/mol. The molecule has 17 heavy (non-hydrogen) atoms. The summed E-state index contributed by atoms with van der Waals surface area (Å²) >= 11 is 0. The van der Waals surface area contributed by atoms with Gasteiger partial charge < -0.3 is 4.57 Å². The van der Waals surface area contributed by atoms with Crippen LogP contribution in [-0.2, 0) is 11.0 Å². The van der Waals surface area contributed by atoms with Crippen molar-refractivity contribution in [3.63, 3.8) is 0 Å². The van der Waals surface area contributed by atoms with Gasteiger partial charge in [0.2, 0.25) is 0 Å². The first-order chi connectivity index (χ1) is 7.96. The number of nitrogens with zero attached hydrogens (tertiary/aromatic N) is 2. The van der Waals surface area contributed by atoms with E-state index in [9.17, 15) is 0 Å². The third-order valence-corrected chi connectivity index (χ3v) is 4.61. The van der Waals surface area contributed by atoms with E-state index in [1.54, 1.807) is 0 Å². The summed E-state index contributed by atoms with van der Waals surface area (Å²) in [5.74, 6) is 1.09. The van der Waals surface area contributed by atoms with E-state index in [-0.39, 0.29) is 11.0 Å². The fraction of sp³-hybridized carbons (Fsp3) is 0.400. The molecular formula is C15H18N2. The van der Waals surface area contributed by atoms with Crippen LogP contribution in [0.15, 0.2) is 36.7 Å². The van der Waals surface area contributed by atoms with Crippen LogP contribution in [0.3, 0.4) is 0 Å². The van der Waals surface area contributed by atoms with Crippen LogP contribution < -0.4 is 0 Å². The molecule has 0 fully saturated rings. The van der Waals surface area contributed by atoms with Crippen molar-refractivity contribution in [2.75, 3.05) is 0 Å². The topological polar surface area (TPSA) is 17.8 Å². The largest absolute Gasteiger partial charge is 0.325 e. The van der Waals surface area contributed by atoms with Crippen LogP contribution >= 0.6 is 0 Å². The van der Waals surface area contributed by atoms with Gasteiger partial charge >= 0.3 is 0 Å². The summed E-state index contributed by atoms with van der Waals surface area (Å²) in [5, 5.41) is 0. The van der Waals surface area contributed by atoms with Crippen LogP contribution in [0.2, 0.25) is 0 Å². The highest BCUT2D eigenvalue weighted by atomic mass is 15.1. The summed E-state index contributed by atoms with van der Waals surface area (Å²) in [6.07, 6.45) is 3.99. The van der Waals surface area contributed by atoms with Crippen LogP contribution in [0.1, 0.15) is 33.3 Å². The molecule has 0 N–H and O–H groups in total. The van der Waals surface area contributed by atoms with Gasteiger partial charge in [-0.25, -0.2) is 4.98 Å². The fourth-order valence-corrected chi connectivity index (χ4v) is 2.81. The zero-order valence-electron chi connectivity index (χ0n) is 10.9. The van der Waals surface area contributed by atoms with Gasteiger partial charge in [-0.3, -0.25) is 0 Å². The molecular weight excluding hydrogens is 208 g/mol. The first kappa shape index (κ1) is 10.6. The summed E-state index contributed by atoms with van der Waals surface area (Å²) in [7, 11) is 0. The minimum absolute atomic E-state index is 0.0349. The Bertz CT molecular complexity index is 576. The van der Waals surface area contributed by atoms with Crippen molar-refractivity contribution in [1.29, 1.82) is 0 Å². The van der Waals surface area contributed by atoms with Gasteiger partial charge in [0.1, 0.15) is 5.82 Å². The van der Waals surface area contributed by atoms with Gasteiger partial charge in [0, 0.05) is 28.9 Å². The zero-order chi connectivity index (χ0) is 12.3. The Morgan fingerprint density at radius 3 is 2.53 bits per heavy atom. The third-order valence-electron chi connectivity index (χ3n) is 4.61. The van der Waals surface area contributed by atoms with Crippen LogP contribution in [0, 0.1) is 0 Å². The molecule has 0 radical (unpaired) electrons. The quantitative estimate of drug-likeness (QED) is 0.671. The summed E-state index contributed by atoms with van der Waals surface area (Å²) in [5.41, 5.74) is 2.79. The Labute approximate surface area is 102 Å². The normalized spacial score (nSPS) is 19.5. The average molecular weight is 226 g/mol. The van der Waals surface area contributed by atoms with Gasteiger partial charge in [-0.05, 0) is 19.4 Å². The Hall–Kier alpha value is -1.57. The van der Waals surface area contributed by atoms with Crippen molar-refractivity contribution in [2.45, 2.75) is 38.6 Å². The number of benzene rings is 1. The lowest BCUT2D eigenvalue weighted by Crippen LogP contribution is -2.48. The number of rotatable bonds is 0. The molecule has 0 atom stereocenters. The van der Waals surface area contributed by atoms with Crippen LogP contribution in [-0.4, -0.2) is 9.55 Å². The third kappa shape index (κ3) is 1.13. The van der Waals surface area contributed by atoms with Crippen molar-refractivity contribution >= 4 is 0 Å². The maximum atomic E-state index is 4.52. The van der Waals surface area contributed by atoms with E-state index in [0.29, 0.717) is 0 Å². The molecule has 2 heterocycles. The first-order valence-electron chi connectivity index (χ1n) is 6.10. The van der Waals surface area contributed by atoms with E-state index in [2.05, 4.69) is 67.7 Å². The molecule has 0 aliphatic carbocycles. The van der Waals surface area contributed by atoms with Gasteiger partial charge in [-0.15, -0.1) is 0 Å². The molecule has 2 nitrogen and oxygen atoms in total. The van der Waals surface area contributed by atoms with Crippen LogP contribution in [0.5, 0.6) is 0 Å². The minimum Gasteiger partial charge on any atom is -0.325 e. The van der Waals surface area contributed by atoms with Crippen molar-refractivity contribution in [1.82, 2.24) is 9.55 Å². The van der Waals surface area contributed by atoms with Crippen molar-refractivity contribution in [3.05, 3.63) is 42.2 Å². The fourth-order valence-electron chi connectivity index (χ4n) is 2.81. The zero-order valence-corrected chi connectivity index (χ0v) is 10.9. The molecule has 1 aliphatic heterocycles. The Balaban J connectivity index is 2.42. The molecule has 1 aromatic carbocycles. The molecule has 0 amide bonds. The molecule has 0 bridgehead atoms. The molecule has 2 heteroatoms. The predicted molar refractivity (Wildman–Crippen MR) is 70.0 cm³/mol. The number of aromatic nitrogens is 2. The lowest BCUT2D eigenvalue weighted by atomic mass is 9.66. The molecule has 1 aromatic heterocycles. The summed E-state index contributed by atoms with van der Waals surface area (Å²) in [6.45, 7) is 9.20.